The van der Waals surface area contributed by atoms with Crippen molar-refractivity contribution < 1.29 is 9.53 Å². The molecule has 0 saturated carbocycles. The summed E-state index contributed by atoms with van der Waals surface area (Å²) in [6, 6.07) is 13.2. The van der Waals surface area contributed by atoms with E-state index in [0.717, 1.165) is 29.2 Å². The van der Waals surface area contributed by atoms with E-state index in [4.69, 9.17) is 16.3 Å². The van der Waals surface area contributed by atoms with Gasteiger partial charge in [0.05, 0.1) is 7.11 Å². The summed E-state index contributed by atoms with van der Waals surface area (Å²) in [6.45, 7) is 4.37. The summed E-state index contributed by atoms with van der Waals surface area (Å²) in [5, 5.41) is 3.69. The van der Waals surface area contributed by atoms with Gasteiger partial charge in [-0.15, -0.1) is 6.58 Å². The molecule has 126 valence electrons. The van der Waals surface area contributed by atoms with Gasteiger partial charge >= 0.3 is 0 Å². The number of nitrogens with one attached hydrogen (secondary N) is 1. The van der Waals surface area contributed by atoms with Gasteiger partial charge < -0.3 is 10.1 Å². The molecule has 0 atom stereocenters. The van der Waals surface area contributed by atoms with E-state index in [0.29, 0.717) is 18.5 Å². The van der Waals surface area contributed by atoms with Crippen molar-refractivity contribution in [3.05, 3.63) is 76.8 Å². The molecule has 0 heterocycles. The molecule has 4 heteroatoms. The first kappa shape index (κ1) is 18.1. The highest BCUT2D eigenvalue weighted by atomic mass is 35.5. The summed E-state index contributed by atoms with van der Waals surface area (Å²) >= 11 is 5.87. The number of amides is 1. The Hall–Kier alpha value is -2.26. The fourth-order valence-corrected chi connectivity index (χ4v) is 2.61. The molecule has 0 unspecified atom stereocenters. The quantitative estimate of drug-likeness (QED) is 0.568. The standard InChI is InChI=1S/C20H22ClNO2/c1-3-5-16-14-17(9-12-19(16)24-2)20(23)22-13-4-6-15-7-10-18(21)11-8-15/h3,7-12,14H,1,4-6,13H2,2H3,(H,22,23). The normalized spacial score (nSPS) is 10.2. The van der Waals surface area contributed by atoms with Crippen LogP contribution in [0, 0.1) is 0 Å². The van der Waals surface area contributed by atoms with E-state index < -0.39 is 0 Å². The van der Waals surface area contributed by atoms with Crippen molar-refractivity contribution in [3.63, 3.8) is 0 Å². The lowest BCUT2D eigenvalue weighted by Crippen LogP contribution is -2.24. The SMILES string of the molecule is C=CCc1cc(C(=O)NCCCc2ccc(Cl)cc2)ccc1OC. The van der Waals surface area contributed by atoms with Crippen LogP contribution in [0.15, 0.2) is 55.1 Å². The zero-order valence-corrected chi connectivity index (χ0v) is 14.6. The number of ether oxygens (including phenoxy) is 1. The van der Waals surface area contributed by atoms with Crippen molar-refractivity contribution in [3.8, 4) is 5.75 Å². The van der Waals surface area contributed by atoms with Gasteiger partial charge in [-0.05, 0) is 60.7 Å². The molecular formula is C20H22ClNO2. The Morgan fingerprint density at radius 2 is 2.00 bits per heavy atom. The second-order valence-corrected chi connectivity index (χ2v) is 5.94. The summed E-state index contributed by atoms with van der Waals surface area (Å²) in [6.07, 6.45) is 4.25. The number of aryl methyl sites for hydroxylation is 1. The first-order chi connectivity index (χ1) is 11.6. The molecule has 2 rings (SSSR count). The molecule has 0 aromatic heterocycles. The molecule has 0 radical (unpaired) electrons. The molecule has 2 aromatic carbocycles. The topological polar surface area (TPSA) is 38.3 Å². The number of methoxy groups -OCH3 is 1. The van der Waals surface area contributed by atoms with Crippen LogP contribution in [0.4, 0.5) is 0 Å². The predicted octanol–water partition coefficient (Wildman–Crippen LogP) is 4.44. The molecular weight excluding hydrogens is 322 g/mol. The van der Waals surface area contributed by atoms with Gasteiger partial charge in [0.15, 0.2) is 0 Å². The summed E-state index contributed by atoms with van der Waals surface area (Å²) in [5.41, 5.74) is 2.81. The lowest BCUT2D eigenvalue weighted by atomic mass is 10.1. The third kappa shape index (κ3) is 5.14. The van der Waals surface area contributed by atoms with E-state index in [-0.39, 0.29) is 5.91 Å². The minimum absolute atomic E-state index is 0.0703. The minimum atomic E-state index is -0.0703. The molecule has 0 aliphatic carbocycles. The molecule has 1 amide bonds. The van der Waals surface area contributed by atoms with Crippen molar-refractivity contribution in [2.24, 2.45) is 0 Å². The second-order valence-electron chi connectivity index (χ2n) is 5.51. The average molecular weight is 344 g/mol. The Labute approximate surface area is 148 Å². The Morgan fingerprint density at radius 3 is 2.67 bits per heavy atom. The molecule has 2 aromatic rings. The van der Waals surface area contributed by atoms with Crippen molar-refractivity contribution in [1.82, 2.24) is 5.32 Å². The van der Waals surface area contributed by atoms with E-state index >= 15 is 0 Å². The first-order valence-corrected chi connectivity index (χ1v) is 8.32. The van der Waals surface area contributed by atoms with Crippen molar-refractivity contribution in [2.45, 2.75) is 19.3 Å². The maximum Gasteiger partial charge on any atom is 0.251 e. The van der Waals surface area contributed by atoms with Crippen LogP contribution in [0.5, 0.6) is 5.75 Å². The Kier molecular flexibility index (Phi) is 6.89. The zero-order chi connectivity index (χ0) is 17.4. The molecule has 0 aliphatic heterocycles. The van der Waals surface area contributed by atoms with Crippen LogP contribution in [0.25, 0.3) is 0 Å². The average Bonchev–Trinajstić information content (AvgIpc) is 2.60. The molecule has 3 nitrogen and oxygen atoms in total. The Balaban J connectivity index is 1.86. The smallest absolute Gasteiger partial charge is 0.251 e. The maximum atomic E-state index is 12.3. The van der Waals surface area contributed by atoms with Crippen LogP contribution in [0.1, 0.15) is 27.9 Å². The number of carbonyl (C=O) groups is 1. The number of benzene rings is 2. The predicted molar refractivity (Wildman–Crippen MR) is 99.0 cm³/mol. The van der Waals surface area contributed by atoms with Gasteiger partial charge in [-0.1, -0.05) is 29.8 Å². The molecule has 1 N–H and O–H groups in total. The summed E-state index contributed by atoms with van der Waals surface area (Å²) < 4.78 is 5.30. The summed E-state index contributed by atoms with van der Waals surface area (Å²) in [5.74, 6) is 0.702. The van der Waals surface area contributed by atoms with E-state index in [2.05, 4.69) is 11.9 Å². The third-order valence-corrected chi connectivity index (χ3v) is 4.00. The fourth-order valence-electron chi connectivity index (χ4n) is 2.48. The molecule has 0 saturated heterocycles. The first-order valence-electron chi connectivity index (χ1n) is 7.94. The number of rotatable bonds is 8. The number of hydrogen-bond donors (Lipinski definition) is 1. The monoisotopic (exact) mass is 343 g/mol. The number of allylic oxidation sites excluding steroid dienone is 1. The maximum absolute atomic E-state index is 12.3. The van der Waals surface area contributed by atoms with Gasteiger partial charge in [0, 0.05) is 17.1 Å². The van der Waals surface area contributed by atoms with Gasteiger partial charge in [0.2, 0.25) is 0 Å². The number of carbonyl (C=O) groups excluding carboxylic acids is 1. The van der Waals surface area contributed by atoms with Crippen LogP contribution in [-0.4, -0.2) is 19.6 Å². The van der Waals surface area contributed by atoms with Crippen molar-refractivity contribution in [1.29, 1.82) is 0 Å². The summed E-state index contributed by atoms with van der Waals surface area (Å²) in [4.78, 5) is 12.3. The van der Waals surface area contributed by atoms with E-state index in [9.17, 15) is 4.79 Å². The molecule has 0 fully saturated rings. The third-order valence-electron chi connectivity index (χ3n) is 3.75. The largest absolute Gasteiger partial charge is 0.496 e. The van der Waals surface area contributed by atoms with Gasteiger partial charge in [-0.25, -0.2) is 0 Å². The summed E-state index contributed by atoms with van der Waals surface area (Å²) in [7, 11) is 1.62. The van der Waals surface area contributed by atoms with Crippen LogP contribution in [0.2, 0.25) is 5.02 Å². The van der Waals surface area contributed by atoms with Gasteiger partial charge in [-0.2, -0.15) is 0 Å². The van der Waals surface area contributed by atoms with Crippen LogP contribution in [-0.2, 0) is 12.8 Å². The highest BCUT2D eigenvalue weighted by molar-refractivity contribution is 6.30. The van der Waals surface area contributed by atoms with Gasteiger partial charge in [0.1, 0.15) is 5.75 Å². The van der Waals surface area contributed by atoms with Crippen LogP contribution < -0.4 is 10.1 Å². The van der Waals surface area contributed by atoms with E-state index in [1.54, 1.807) is 19.3 Å². The lowest BCUT2D eigenvalue weighted by molar-refractivity contribution is 0.0953. The Bertz CT molecular complexity index is 695. The lowest BCUT2D eigenvalue weighted by Gasteiger charge is -2.10. The Morgan fingerprint density at radius 1 is 1.25 bits per heavy atom. The van der Waals surface area contributed by atoms with Crippen molar-refractivity contribution in [2.75, 3.05) is 13.7 Å². The van der Waals surface area contributed by atoms with E-state index in [1.165, 1.54) is 5.56 Å². The fraction of sp³-hybridized carbons (Fsp3) is 0.250. The number of halogens is 1. The van der Waals surface area contributed by atoms with Gasteiger partial charge in [-0.3, -0.25) is 4.79 Å². The van der Waals surface area contributed by atoms with Crippen LogP contribution in [0.3, 0.4) is 0 Å². The van der Waals surface area contributed by atoms with Crippen molar-refractivity contribution >= 4 is 17.5 Å². The zero-order valence-electron chi connectivity index (χ0n) is 13.8. The van der Waals surface area contributed by atoms with E-state index in [1.807, 2.05) is 36.4 Å². The van der Waals surface area contributed by atoms with Crippen LogP contribution >= 0.6 is 11.6 Å². The molecule has 0 aliphatic rings. The minimum Gasteiger partial charge on any atom is -0.496 e. The molecule has 0 spiro atoms. The highest BCUT2D eigenvalue weighted by Gasteiger charge is 2.09. The second kappa shape index (κ2) is 9.14. The number of hydrogen-bond acceptors (Lipinski definition) is 2. The highest BCUT2D eigenvalue weighted by Crippen LogP contribution is 2.20. The molecule has 24 heavy (non-hydrogen) atoms. The van der Waals surface area contributed by atoms with Gasteiger partial charge in [0.25, 0.3) is 5.91 Å². The molecule has 0 bridgehead atoms.